The van der Waals surface area contributed by atoms with Gasteiger partial charge in [-0.15, -0.1) is 0 Å². The molecule has 12 aromatic rings. The summed E-state index contributed by atoms with van der Waals surface area (Å²) in [5, 5.41) is 12.5. The van der Waals surface area contributed by atoms with Crippen molar-refractivity contribution in [1.29, 1.82) is 0 Å². The predicted octanol–water partition coefficient (Wildman–Crippen LogP) is 13.3. The number of benzene rings is 9. The van der Waals surface area contributed by atoms with Crippen LogP contribution < -0.4 is 0 Å². The van der Waals surface area contributed by atoms with E-state index < -0.39 is 0 Å². The van der Waals surface area contributed by atoms with Gasteiger partial charge in [-0.3, -0.25) is 0 Å². The van der Waals surface area contributed by atoms with Crippen LogP contribution in [0.15, 0.2) is 188 Å². The van der Waals surface area contributed by atoms with Crippen molar-refractivity contribution in [3.8, 4) is 17.1 Å². The number of aromatic nitrogens is 3. The van der Waals surface area contributed by atoms with E-state index in [1.807, 2.05) is 0 Å². The Morgan fingerprint density at radius 3 is 1.15 bits per heavy atom. The molecule has 0 aliphatic heterocycles. The van der Waals surface area contributed by atoms with Crippen molar-refractivity contribution in [2.24, 2.45) is 0 Å². The maximum absolute atomic E-state index is 2.53. The smallest absolute Gasteiger partial charge is 0.0810 e. The van der Waals surface area contributed by atoms with Crippen molar-refractivity contribution in [2.45, 2.75) is 0 Å². The van der Waals surface area contributed by atoms with E-state index in [9.17, 15) is 0 Å². The summed E-state index contributed by atoms with van der Waals surface area (Å²) in [5.74, 6) is 0. The van der Waals surface area contributed by atoms with Crippen LogP contribution in [0.5, 0.6) is 0 Å². The Bertz CT molecular complexity index is 3450. The molecule has 3 heterocycles. The van der Waals surface area contributed by atoms with Gasteiger partial charge in [0, 0.05) is 49.4 Å². The fraction of sp³-hybridized carbons (Fsp3) is 0. The molecule has 9 aromatic carbocycles. The molecular formula is C50H31N3. The second kappa shape index (κ2) is 10.7. The molecule has 0 atom stereocenters. The monoisotopic (exact) mass is 673 g/mol. The van der Waals surface area contributed by atoms with E-state index in [1.165, 1.54) is 87.0 Å². The Morgan fingerprint density at radius 2 is 0.623 bits per heavy atom. The molecule has 3 heteroatoms. The molecular weight excluding hydrogens is 643 g/mol. The summed E-state index contributed by atoms with van der Waals surface area (Å²) in [7, 11) is 0. The van der Waals surface area contributed by atoms with E-state index in [0.29, 0.717) is 0 Å². The summed E-state index contributed by atoms with van der Waals surface area (Å²) >= 11 is 0. The molecule has 3 aromatic heterocycles. The van der Waals surface area contributed by atoms with Gasteiger partial charge in [0.2, 0.25) is 0 Å². The number of fused-ring (bicyclic) bond motifs is 14. The zero-order valence-corrected chi connectivity index (χ0v) is 28.7. The highest BCUT2D eigenvalue weighted by atomic mass is 15.1. The van der Waals surface area contributed by atoms with Crippen molar-refractivity contribution in [3.05, 3.63) is 188 Å². The largest absolute Gasteiger partial charge is 0.309 e. The third-order valence-corrected chi connectivity index (χ3v) is 11.3. The molecule has 0 saturated heterocycles. The molecule has 53 heavy (non-hydrogen) atoms. The zero-order chi connectivity index (χ0) is 34.6. The van der Waals surface area contributed by atoms with Crippen molar-refractivity contribution in [2.75, 3.05) is 0 Å². The van der Waals surface area contributed by atoms with E-state index in [-0.39, 0.29) is 0 Å². The fourth-order valence-electron chi connectivity index (χ4n) is 9.16. The molecule has 0 bridgehead atoms. The van der Waals surface area contributed by atoms with Crippen LogP contribution >= 0.6 is 0 Å². The number of hydrogen-bond acceptors (Lipinski definition) is 0. The Hall–Kier alpha value is -7.10. The maximum atomic E-state index is 2.53. The van der Waals surface area contributed by atoms with E-state index >= 15 is 0 Å². The number of nitrogens with zero attached hydrogens (tertiary/aromatic N) is 3. The first-order valence-electron chi connectivity index (χ1n) is 18.3. The Morgan fingerprint density at radius 1 is 0.245 bits per heavy atom. The normalized spacial score (nSPS) is 12.2. The molecule has 246 valence electrons. The first kappa shape index (κ1) is 28.6. The second-order valence-corrected chi connectivity index (χ2v) is 14.1. The Labute approximate surface area is 304 Å². The molecule has 0 aliphatic rings. The maximum Gasteiger partial charge on any atom is 0.0810 e. The van der Waals surface area contributed by atoms with Gasteiger partial charge in [-0.05, 0) is 76.1 Å². The van der Waals surface area contributed by atoms with E-state index in [2.05, 4.69) is 202 Å². The topological polar surface area (TPSA) is 14.8 Å². The molecule has 0 spiro atoms. The average molecular weight is 674 g/mol. The summed E-state index contributed by atoms with van der Waals surface area (Å²) < 4.78 is 7.57. The lowest BCUT2D eigenvalue weighted by atomic mass is 10.0. The van der Waals surface area contributed by atoms with Gasteiger partial charge in [-0.1, -0.05) is 133 Å². The van der Waals surface area contributed by atoms with Crippen LogP contribution in [0.25, 0.3) is 104 Å². The summed E-state index contributed by atoms with van der Waals surface area (Å²) in [6.07, 6.45) is 0. The number of hydrogen-bond donors (Lipinski definition) is 0. The van der Waals surface area contributed by atoms with Gasteiger partial charge >= 0.3 is 0 Å². The lowest BCUT2D eigenvalue weighted by molar-refractivity contribution is 1.15. The minimum Gasteiger partial charge on any atom is -0.309 e. The van der Waals surface area contributed by atoms with Crippen LogP contribution in [0.3, 0.4) is 0 Å². The van der Waals surface area contributed by atoms with Crippen molar-refractivity contribution in [3.63, 3.8) is 0 Å². The van der Waals surface area contributed by atoms with Gasteiger partial charge in [0.05, 0.1) is 33.1 Å². The van der Waals surface area contributed by atoms with E-state index in [4.69, 9.17) is 0 Å². The summed E-state index contributed by atoms with van der Waals surface area (Å²) in [6.45, 7) is 0. The highest BCUT2D eigenvalue weighted by Crippen LogP contribution is 2.50. The summed E-state index contributed by atoms with van der Waals surface area (Å²) in [6, 6.07) is 69.0. The van der Waals surface area contributed by atoms with Gasteiger partial charge < -0.3 is 13.7 Å². The second-order valence-electron chi connectivity index (χ2n) is 14.1. The molecule has 0 N–H and O–H groups in total. The molecule has 0 saturated carbocycles. The third-order valence-electron chi connectivity index (χ3n) is 11.3. The minimum absolute atomic E-state index is 1.15. The highest BCUT2D eigenvalue weighted by molar-refractivity contribution is 6.40. The number of para-hydroxylation sites is 4. The third kappa shape index (κ3) is 3.88. The molecule has 0 fully saturated rings. The Balaban J connectivity index is 1.42. The quantitative estimate of drug-likeness (QED) is 0.177. The SMILES string of the molecule is c1ccc(-n2c3ccccc3c3c4c5ccccc5n(-c5ccc6ccccc6c5)c4c4c(c5ccccc5n4-c4ccc5ccccc5c4)c32)cc1. The highest BCUT2D eigenvalue weighted by Gasteiger charge is 2.28. The van der Waals surface area contributed by atoms with Crippen LogP contribution in [0, 0.1) is 0 Å². The van der Waals surface area contributed by atoms with Crippen molar-refractivity contribution in [1.82, 2.24) is 13.7 Å². The van der Waals surface area contributed by atoms with Gasteiger partial charge in [-0.25, -0.2) is 0 Å². The summed E-state index contributed by atoms with van der Waals surface area (Å²) in [5.41, 5.74) is 10.7. The van der Waals surface area contributed by atoms with Crippen LogP contribution in [0.4, 0.5) is 0 Å². The van der Waals surface area contributed by atoms with Gasteiger partial charge in [0.25, 0.3) is 0 Å². The fourth-order valence-corrected chi connectivity index (χ4v) is 9.16. The van der Waals surface area contributed by atoms with Crippen LogP contribution in [-0.4, -0.2) is 13.7 Å². The molecule has 12 rings (SSSR count). The van der Waals surface area contributed by atoms with Crippen LogP contribution in [-0.2, 0) is 0 Å². The van der Waals surface area contributed by atoms with Crippen molar-refractivity contribution >= 4 is 87.0 Å². The van der Waals surface area contributed by atoms with E-state index in [0.717, 1.165) is 17.1 Å². The Kier molecular flexibility index (Phi) is 5.77. The van der Waals surface area contributed by atoms with Crippen LogP contribution in [0.1, 0.15) is 0 Å². The molecule has 0 aliphatic carbocycles. The van der Waals surface area contributed by atoms with Gasteiger partial charge in [-0.2, -0.15) is 0 Å². The molecule has 0 radical (unpaired) electrons. The molecule has 0 amide bonds. The average Bonchev–Trinajstić information content (AvgIpc) is 3.87. The lowest BCUT2D eigenvalue weighted by Gasteiger charge is -2.15. The van der Waals surface area contributed by atoms with Crippen molar-refractivity contribution < 1.29 is 0 Å². The predicted molar refractivity (Wildman–Crippen MR) is 224 cm³/mol. The van der Waals surface area contributed by atoms with Gasteiger partial charge in [0.1, 0.15) is 0 Å². The van der Waals surface area contributed by atoms with Gasteiger partial charge in [0.15, 0.2) is 0 Å². The number of rotatable bonds is 3. The summed E-state index contributed by atoms with van der Waals surface area (Å²) in [4.78, 5) is 0. The van der Waals surface area contributed by atoms with E-state index in [1.54, 1.807) is 0 Å². The van der Waals surface area contributed by atoms with Crippen LogP contribution in [0.2, 0.25) is 0 Å². The zero-order valence-electron chi connectivity index (χ0n) is 28.7. The molecule has 0 unspecified atom stereocenters. The standard InChI is InChI=1S/C50H31N3/c1-2-18-36(19-3-1)51-42-23-11-8-20-39(42)45-46-40-21-9-12-24-43(40)52(37-28-26-32-14-4-6-16-34(32)30-37)49(46)50-47(48(45)51)41-22-10-13-25-44(41)53(50)38-29-27-33-15-5-7-17-35(33)31-38/h1-31H. The first-order valence-corrected chi connectivity index (χ1v) is 18.3. The lowest BCUT2D eigenvalue weighted by Crippen LogP contribution is -2.00. The molecule has 3 nitrogen and oxygen atoms in total. The minimum atomic E-state index is 1.15. The first-order chi connectivity index (χ1) is 26.3.